The molecule has 4 bridgehead atoms. The van der Waals surface area contributed by atoms with E-state index in [1.54, 1.807) is 12.8 Å². The van der Waals surface area contributed by atoms with Crippen molar-refractivity contribution < 1.29 is 26.3 Å². The fraction of sp³-hybridized carbons (Fsp3) is 1.00. The van der Waals surface area contributed by atoms with Gasteiger partial charge in [0, 0.05) is 0 Å². The molecule has 1 saturated heterocycles. The molecule has 1 aliphatic heterocycles. The van der Waals surface area contributed by atoms with Gasteiger partial charge in [0.05, 0.1) is 0 Å². The number of aliphatic hydroxyl groups is 1. The quantitative estimate of drug-likeness (QED) is 0.507. The zero-order valence-electron chi connectivity index (χ0n) is 16.0. The molecular weight excluding hydrogens is 407 g/mol. The molecule has 7 fully saturated rings. The maximum absolute atomic E-state index is 10.5. The first-order chi connectivity index (χ1) is 11.1. The monoisotopic (exact) mass is 441 g/mol. The van der Waals surface area contributed by atoms with E-state index in [4.69, 9.17) is 0 Å². The number of hydrogen-bond donors (Lipinski definition) is 1. The van der Waals surface area contributed by atoms with Crippen LogP contribution in [0.5, 0.6) is 0 Å². The van der Waals surface area contributed by atoms with Crippen molar-refractivity contribution >= 4 is 0 Å². The first-order valence-electron chi connectivity index (χ1n) is 10.5. The SMILES string of the molecule is CC(C)(O)C1CCC(C2C3C4C5CC(C)(C)C4C24CC([I-]5)C34C)C1. The van der Waals surface area contributed by atoms with Crippen LogP contribution in [0.1, 0.15) is 66.7 Å². The maximum atomic E-state index is 10.5. The van der Waals surface area contributed by atoms with Gasteiger partial charge < -0.3 is 0 Å². The van der Waals surface area contributed by atoms with Crippen LogP contribution in [0.25, 0.3) is 0 Å². The van der Waals surface area contributed by atoms with E-state index in [0.717, 1.165) is 40.4 Å². The number of hydrogen-bond acceptors (Lipinski definition) is 1. The molecule has 1 spiro atoms. The molecule has 7 aliphatic rings. The molecule has 0 aromatic heterocycles. The van der Waals surface area contributed by atoms with Crippen LogP contribution >= 0.6 is 0 Å². The first-order valence-corrected chi connectivity index (χ1v) is 13.0. The molecule has 6 saturated carbocycles. The van der Waals surface area contributed by atoms with E-state index in [-0.39, 0.29) is 0 Å². The third-order valence-electron chi connectivity index (χ3n) is 10.5. The zero-order valence-corrected chi connectivity index (χ0v) is 18.1. The van der Waals surface area contributed by atoms with Crippen LogP contribution in [-0.4, -0.2) is 18.6 Å². The average molecular weight is 441 g/mol. The van der Waals surface area contributed by atoms with E-state index in [9.17, 15) is 5.11 Å². The van der Waals surface area contributed by atoms with Gasteiger partial charge in [-0.25, -0.2) is 0 Å². The molecule has 10 atom stereocenters. The Hall–Kier alpha value is 0.690. The van der Waals surface area contributed by atoms with Crippen molar-refractivity contribution in [1.29, 1.82) is 0 Å². The summed E-state index contributed by atoms with van der Waals surface area (Å²) in [6.45, 7) is 12.1. The van der Waals surface area contributed by atoms with Gasteiger partial charge in [-0.15, -0.1) is 0 Å². The third kappa shape index (κ3) is 1.36. The Balaban J connectivity index is 1.38. The third-order valence-corrected chi connectivity index (χ3v) is 15.3. The van der Waals surface area contributed by atoms with Crippen LogP contribution in [0.4, 0.5) is 0 Å². The molecule has 0 aromatic rings. The molecule has 2 heteroatoms. The van der Waals surface area contributed by atoms with Gasteiger partial charge in [0.2, 0.25) is 0 Å². The zero-order chi connectivity index (χ0) is 16.9. The van der Waals surface area contributed by atoms with Crippen LogP contribution in [0, 0.1) is 51.8 Å². The summed E-state index contributed by atoms with van der Waals surface area (Å²) in [6.07, 6.45) is 7.22. The summed E-state index contributed by atoms with van der Waals surface area (Å²) in [5.41, 5.74) is 1.70. The molecular formula is C22H34IO-. The van der Waals surface area contributed by atoms with Crippen LogP contribution in [0.3, 0.4) is 0 Å². The predicted molar refractivity (Wildman–Crippen MR) is 92.2 cm³/mol. The van der Waals surface area contributed by atoms with E-state index in [1.165, 1.54) is 27.1 Å². The van der Waals surface area contributed by atoms with E-state index in [2.05, 4.69) is 34.6 Å². The standard InChI is InChI=1S/C22H34IO/c1-19(2)9-13-15-17-16(11-6-7-12(8-11)20(3,4)24)22(18(15)19)10-14(23-13)21(17,22)5/h11-18,24H,6-10H2,1-5H3/q-1. The fourth-order valence-electron chi connectivity index (χ4n) is 9.97. The average Bonchev–Trinajstić information content (AvgIpc) is 3.08. The molecule has 1 nitrogen and oxygen atoms in total. The Morgan fingerprint density at radius 1 is 1.04 bits per heavy atom. The molecule has 0 amide bonds. The molecule has 10 unspecified atom stereocenters. The Bertz CT molecular complexity index is 620. The topological polar surface area (TPSA) is 20.2 Å². The molecule has 0 aromatic carbocycles. The summed E-state index contributed by atoms with van der Waals surface area (Å²) in [7, 11) is 0. The van der Waals surface area contributed by atoms with E-state index >= 15 is 0 Å². The second-order valence-corrected chi connectivity index (χ2v) is 15.7. The number of halogens is 1. The molecule has 24 heavy (non-hydrogen) atoms. The molecule has 7 rings (SSSR count). The molecule has 6 aliphatic carbocycles. The van der Waals surface area contributed by atoms with Gasteiger partial charge in [0.25, 0.3) is 0 Å². The Morgan fingerprint density at radius 3 is 2.46 bits per heavy atom. The second-order valence-electron chi connectivity index (χ2n) is 11.9. The number of rotatable bonds is 2. The Kier molecular flexibility index (Phi) is 2.67. The van der Waals surface area contributed by atoms with Crippen molar-refractivity contribution in [3.05, 3.63) is 0 Å². The summed E-state index contributed by atoms with van der Waals surface area (Å²) in [5, 5.41) is 10.5. The summed E-state index contributed by atoms with van der Waals surface area (Å²) >= 11 is 0.464. The van der Waals surface area contributed by atoms with Gasteiger partial charge in [-0.3, -0.25) is 0 Å². The van der Waals surface area contributed by atoms with Crippen molar-refractivity contribution in [3.8, 4) is 0 Å². The summed E-state index contributed by atoms with van der Waals surface area (Å²) in [5.74, 6) is 5.83. The van der Waals surface area contributed by atoms with Gasteiger partial charge in [-0.2, -0.15) is 0 Å². The Morgan fingerprint density at radius 2 is 1.79 bits per heavy atom. The molecule has 1 N–H and O–H groups in total. The molecule has 1 heterocycles. The van der Waals surface area contributed by atoms with Crippen molar-refractivity contribution in [3.63, 3.8) is 0 Å². The molecule has 136 valence electrons. The van der Waals surface area contributed by atoms with E-state index in [1.807, 2.05) is 0 Å². The van der Waals surface area contributed by atoms with Crippen molar-refractivity contribution in [2.75, 3.05) is 0 Å². The first kappa shape index (κ1) is 15.7. The van der Waals surface area contributed by atoms with Crippen molar-refractivity contribution in [2.45, 2.75) is 80.2 Å². The fourth-order valence-corrected chi connectivity index (χ4v) is 16.5. The van der Waals surface area contributed by atoms with Crippen LogP contribution in [-0.2, 0) is 0 Å². The summed E-state index contributed by atoms with van der Waals surface area (Å²) in [4.78, 5) is 0. The summed E-state index contributed by atoms with van der Waals surface area (Å²) in [6, 6.07) is 0. The molecule has 0 radical (unpaired) electrons. The Labute approximate surface area is 158 Å². The van der Waals surface area contributed by atoms with Crippen LogP contribution < -0.4 is 21.2 Å². The van der Waals surface area contributed by atoms with E-state index in [0.29, 0.717) is 32.5 Å². The van der Waals surface area contributed by atoms with Gasteiger partial charge in [0.15, 0.2) is 0 Å². The van der Waals surface area contributed by atoms with Gasteiger partial charge in [-0.05, 0) is 0 Å². The summed E-state index contributed by atoms with van der Waals surface area (Å²) < 4.78 is 2.36. The minimum atomic E-state index is -0.457. The van der Waals surface area contributed by atoms with Gasteiger partial charge in [-0.1, -0.05) is 0 Å². The normalized spacial score (nSPS) is 65.1. The predicted octanol–water partition coefficient (Wildman–Crippen LogP) is 1.33. The van der Waals surface area contributed by atoms with Gasteiger partial charge in [0.1, 0.15) is 0 Å². The number of alkyl halides is 2. The van der Waals surface area contributed by atoms with Crippen molar-refractivity contribution in [1.82, 2.24) is 0 Å². The van der Waals surface area contributed by atoms with Crippen LogP contribution in [0.2, 0.25) is 0 Å². The second kappa shape index (κ2) is 4.08. The van der Waals surface area contributed by atoms with E-state index < -0.39 is 5.60 Å². The van der Waals surface area contributed by atoms with Crippen LogP contribution in [0.15, 0.2) is 0 Å². The van der Waals surface area contributed by atoms with Crippen molar-refractivity contribution in [2.24, 2.45) is 51.8 Å². The minimum absolute atomic E-state index is 0.457. The van der Waals surface area contributed by atoms with Gasteiger partial charge >= 0.3 is 158 Å².